The van der Waals surface area contributed by atoms with Crippen LogP contribution in [0.3, 0.4) is 0 Å². The maximum absolute atomic E-state index is 11.9. The first-order valence-corrected chi connectivity index (χ1v) is 9.14. The summed E-state index contributed by atoms with van der Waals surface area (Å²) in [6.45, 7) is 1.34. The Morgan fingerprint density at radius 2 is 1.93 bits per heavy atom. The van der Waals surface area contributed by atoms with E-state index in [-0.39, 0.29) is 17.5 Å². The lowest BCUT2D eigenvalue weighted by Gasteiger charge is -2.39. The molecule has 3 rings (SSSR count). The molecule has 11 nitrogen and oxygen atoms in total. The lowest BCUT2D eigenvalue weighted by Crippen LogP contribution is -2.57. The van der Waals surface area contributed by atoms with Crippen LogP contribution in [0.5, 0.6) is 0 Å². The van der Waals surface area contributed by atoms with Gasteiger partial charge in [0.15, 0.2) is 6.29 Å². The third-order valence-corrected chi connectivity index (χ3v) is 5.24. The molecule has 27 heavy (non-hydrogen) atoms. The summed E-state index contributed by atoms with van der Waals surface area (Å²) >= 11 is 3.03. The molecule has 0 saturated carbocycles. The summed E-state index contributed by atoms with van der Waals surface area (Å²) in [5, 5.41) is 39.6. The van der Waals surface area contributed by atoms with Crippen molar-refractivity contribution in [1.82, 2.24) is 9.55 Å². The molecular formula is C15H21BrN2O9. The third-order valence-electron chi connectivity index (χ3n) is 4.67. The van der Waals surface area contributed by atoms with Gasteiger partial charge in [0.25, 0.3) is 5.56 Å². The van der Waals surface area contributed by atoms with Crippen LogP contribution in [0.25, 0.3) is 0 Å². The van der Waals surface area contributed by atoms with Gasteiger partial charge in [0.2, 0.25) is 0 Å². The van der Waals surface area contributed by atoms with Crippen LogP contribution in [0.2, 0.25) is 0 Å². The highest BCUT2D eigenvalue weighted by Crippen LogP contribution is 2.29. The van der Waals surface area contributed by atoms with Crippen molar-refractivity contribution in [1.29, 1.82) is 0 Å². The Kier molecular flexibility index (Phi) is 6.17. The monoisotopic (exact) mass is 452 g/mol. The summed E-state index contributed by atoms with van der Waals surface area (Å²) in [6, 6.07) is 0. The minimum atomic E-state index is -1.47. The van der Waals surface area contributed by atoms with Gasteiger partial charge in [-0.25, -0.2) is 4.79 Å². The van der Waals surface area contributed by atoms with Gasteiger partial charge in [-0.1, -0.05) is 0 Å². The van der Waals surface area contributed by atoms with Crippen LogP contribution in [0.4, 0.5) is 0 Å². The fraction of sp³-hybridized carbons (Fsp3) is 0.733. The number of rotatable bonds is 4. The minimum absolute atomic E-state index is 0.0816. The zero-order valence-corrected chi connectivity index (χ0v) is 15.9. The van der Waals surface area contributed by atoms with Gasteiger partial charge in [-0.15, -0.1) is 0 Å². The third kappa shape index (κ3) is 4.17. The summed E-state index contributed by atoms with van der Waals surface area (Å²) in [4.78, 5) is 25.5. The van der Waals surface area contributed by atoms with Crippen molar-refractivity contribution in [3.63, 3.8) is 0 Å². The second kappa shape index (κ2) is 8.09. The Balaban J connectivity index is 1.63. The molecule has 1 aromatic rings. The van der Waals surface area contributed by atoms with Gasteiger partial charge in [-0.05, 0) is 22.9 Å². The van der Waals surface area contributed by atoms with Crippen LogP contribution in [0, 0.1) is 0 Å². The predicted octanol–water partition coefficient (Wildman–Crippen LogP) is -2.21. The zero-order valence-electron chi connectivity index (χ0n) is 14.3. The van der Waals surface area contributed by atoms with E-state index >= 15 is 0 Å². The van der Waals surface area contributed by atoms with Crippen molar-refractivity contribution in [2.24, 2.45) is 0 Å². The molecule has 0 amide bonds. The van der Waals surface area contributed by atoms with Gasteiger partial charge >= 0.3 is 5.69 Å². The summed E-state index contributed by atoms with van der Waals surface area (Å²) in [5.41, 5.74) is -1.26. The molecule has 2 fully saturated rings. The molecule has 0 bridgehead atoms. The largest absolute Gasteiger partial charge is 0.390 e. The topological polar surface area (TPSA) is 163 Å². The molecule has 0 radical (unpaired) electrons. The normalized spacial score (nSPS) is 39.6. The molecule has 0 aromatic carbocycles. The van der Waals surface area contributed by atoms with E-state index in [1.807, 2.05) is 0 Å². The maximum atomic E-state index is 11.9. The van der Waals surface area contributed by atoms with Gasteiger partial charge in [0.1, 0.15) is 30.6 Å². The van der Waals surface area contributed by atoms with Gasteiger partial charge in [-0.3, -0.25) is 14.3 Å². The highest BCUT2D eigenvalue weighted by atomic mass is 79.9. The number of ether oxygens (including phenoxy) is 3. The van der Waals surface area contributed by atoms with Gasteiger partial charge in [0.05, 0.1) is 23.3 Å². The van der Waals surface area contributed by atoms with Crippen LogP contribution in [-0.2, 0) is 14.2 Å². The van der Waals surface area contributed by atoms with Crippen molar-refractivity contribution in [2.45, 2.75) is 62.5 Å². The fourth-order valence-electron chi connectivity index (χ4n) is 3.05. The summed E-state index contributed by atoms with van der Waals surface area (Å²) < 4.78 is 17.6. The average Bonchev–Trinajstić information content (AvgIpc) is 2.98. The molecule has 0 unspecified atom stereocenters. The molecular weight excluding hydrogens is 432 g/mol. The fourth-order valence-corrected chi connectivity index (χ4v) is 3.37. The molecule has 8 atom stereocenters. The van der Waals surface area contributed by atoms with Crippen LogP contribution >= 0.6 is 15.9 Å². The lowest BCUT2D eigenvalue weighted by molar-refractivity contribution is -0.298. The van der Waals surface area contributed by atoms with E-state index in [4.69, 9.17) is 14.2 Å². The van der Waals surface area contributed by atoms with Crippen LogP contribution in [0.15, 0.2) is 20.3 Å². The standard InChI is InChI=1S/C15H21BrN2O9/c1-5-10(20)11(21)12(22)14(26-5)25-4-8-7(19)2-9(27-8)18-3-6(16)13(23)17-15(18)24/h3,5,7-12,14,19-22H,2,4H2,1H3,(H,17,23,24)/t5-,7-,8+,9+,10+,11+,12-,14-/m0/s1. The summed E-state index contributed by atoms with van der Waals surface area (Å²) in [6.07, 6.45) is -7.38. The molecule has 2 aliphatic rings. The number of halogens is 1. The van der Waals surface area contributed by atoms with E-state index in [2.05, 4.69) is 20.9 Å². The number of aliphatic hydroxyl groups excluding tert-OH is 4. The molecule has 1 aromatic heterocycles. The first-order chi connectivity index (χ1) is 12.7. The van der Waals surface area contributed by atoms with Crippen molar-refractivity contribution >= 4 is 15.9 Å². The molecule has 0 aliphatic carbocycles. The summed E-state index contributed by atoms with van der Waals surface area (Å²) in [7, 11) is 0. The second-order valence-electron chi connectivity index (χ2n) is 6.59. The second-order valence-corrected chi connectivity index (χ2v) is 7.44. The number of aliphatic hydroxyl groups is 4. The van der Waals surface area contributed by atoms with Crippen LogP contribution in [0.1, 0.15) is 19.6 Å². The molecule has 2 aliphatic heterocycles. The van der Waals surface area contributed by atoms with Gasteiger partial charge in [0, 0.05) is 12.6 Å². The number of hydrogen-bond donors (Lipinski definition) is 5. The number of nitrogens with one attached hydrogen (secondary N) is 1. The van der Waals surface area contributed by atoms with E-state index in [1.165, 1.54) is 13.1 Å². The zero-order chi connectivity index (χ0) is 19.9. The molecule has 5 N–H and O–H groups in total. The Hall–Kier alpha value is -1.12. The van der Waals surface area contributed by atoms with Crippen molar-refractivity contribution in [3.05, 3.63) is 31.5 Å². The van der Waals surface area contributed by atoms with Crippen LogP contribution < -0.4 is 11.2 Å². The predicted molar refractivity (Wildman–Crippen MR) is 91.9 cm³/mol. The summed E-state index contributed by atoms with van der Waals surface area (Å²) in [5.74, 6) is 0. The number of aromatic nitrogens is 2. The first kappa shape index (κ1) is 20.6. The first-order valence-electron chi connectivity index (χ1n) is 8.34. The molecule has 12 heteroatoms. The van der Waals surface area contributed by atoms with E-state index < -0.39 is 60.4 Å². The minimum Gasteiger partial charge on any atom is -0.390 e. The maximum Gasteiger partial charge on any atom is 0.330 e. The van der Waals surface area contributed by atoms with Crippen molar-refractivity contribution < 1.29 is 34.6 Å². The number of nitrogens with zero attached hydrogens (tertiary/aromatic N) is 1. The number of H-pyrrole nitrogens is 1. The van der Waals surface area contributed by atoms with E-state index in [0.717, 1.165) is 4.57 Å². The highest BCUT2D eigenvalue weighted by Gasteiger charge is 2.43. The van der Waals surface area contributed by atoms with E-state index in [9.17, 15) is 30.0 Å². The quantitative estimate of drug-likeness (QED) is 0.340. The average molecular weight is 453 g/mol. The molecule has 3 heterocycles. The highest BCUT2D eigenvalue weighted by molar-refractivity contribution is 9.10. The van der Waals surface area contributed by atoms with E-state index in [1.54, 1.807) is 0 Å². The van der Waals surface area contributed by atoms with Crippen molar-refractivity contribution in [3.8, 4) is 0 Å². The lowest BCUT2D eigenvalue weighted by atomic mass is 10.00. The number of hydrogen-bond acceptors (Lipinski definition) is 9. The van der Waals surface area contributed by atoms with Gasteiger partial charge in [-0.2, -0.15) is 0 Å². The van der Waals surface area contributed by atoms with Gasteiger partial charge < -0.3 is 34.6 Å². The molecule has 2 saturated heterocycles. The number of aromatic amines is 1. The Bertz CT molecular complexity index is 783. The SMILES string of the molecule is C[C@@H]1O[C@H](OC[C@H]2O[C@@H](n3cc(Br)c(=O)[nH]c3=O)C[C@@H]2O)[C@@H](O)[C@H](O)[C@@H]1O. The smallest absolute Gasteiger partial charge is 0.330 e. The Morgan fingerprint density at radius 3 is 2.63 bits per heavy atom. The Labute approximate surface area is 161 Å². The van der Waals surface area contributed by atoms with E-state index in [0.29, 0.717) is 0 Å². The van der Waals surface area contributed by atoms with Crippen molar-refractivity contribution in [2.75, 3.05) is 6.61 Å². The Morgan fingerprint density at radius 1 is 1.22 bits per heavy atom. The molecule has 0 spiro atoms. The molecule has 152 valence electrons. The van der Waals surface area contributed by atoms with Crippen LogP contribution in [-0.4, -0.2) is 79.5 Å².